The molecule has 1 N–H and O–H groups in total. The molecule has 0 unspecified atom stereocenters. The molecular formula is C22H26N4O4S. The zero-order chi connectivity index (χ0) is 22.2. The number of rotatable bonds is 4. The minimum atomic E-state index is -3.64. The number of nitrogens with one attached hydrogen (secondary N) is 1. The van der Waals surface area contributed by atoms with Crippen LogP contribution in [0.25, 0.3) is 11.0 Å². The van der Waals surface area contributed by atoms with Gasteiger partial charge in [0.15, 0.2) is 0 Å². The molecule has 2 aromatic carbocycles. The monoisotopic (exact) mass is 442 g/mol. The van der Waals surface area contributed by atoms with E-state index < -0.39 is 15.9 Å². The molecule has 0 atom stereocenters. The number of amides is 1. The van der Waals surface area contributed by atoms with Crippen molar-refractivity contribution in [3.05, 3.63) is 58.5 Å². The zero-order valence-corrected chi connectivity index (χ0v) is 18.5. The van der Waals surface area contributed by atoms with E-state index in [4.69, 9.17) is 0 Å². The first-order valence-electron chi connectivity index (χ1n) is 10.4. The summed E-state index contributed by atoms with van der Waals surface area (Å²) in [6.07, 6.45) is 3.77. The number of nitrogens with zero attached hydrogens (tertiary/aromatic N) is 3. The molecule has 1 saturated heterocycles. The summed E-state index contributed by atoms with van der Waals surface area (Å²) in [6, 6.07) is 11.4. The van der Waals surface area contributed by atoms with Crippen molar-refractivity contribution in [2.45, 2.75) is 30.6 Å². The number of carbonyl (C=O) groups excluding carboxylic acids is 1. The van der Waals surface area contributed by atoms with Crippen LogP contribution in [0.1, 0.15) is 36.0 Å². The molecule has 1 amide bonds. The second kappa shape index (κ2) is 8.32. The maximum atomic E-state index is 13.1. The van der Waals surface area contributed by atoms with Crippen molar-refractivity contribution in [3.63, 3.8) is 0 Å². The van der Waals surface area contributed by atoms with Crippen LogP contribution in [-0.2, 0) is 24.1 Å². The standard InChI is InChI=1S/C22H26N4O4S/c1-24-19-11-10-17(15-20(19)25(2)22(24)28)23-21(27)16-8-7-9-18(14-16)31(29,30)26-12-5-3-4-6-13-26/h7-11,14-15H,3-6,12-13H2,1-2H3,(H,23,27). The molecule has 0 aliphatic carbocycles. The summed E-state index contributed by atoms with van der Waals surface area (Å²) in [5.74, 6) is -0.409. The fourth-order valence-electron chi connectivity index (χ4n) is 4.02. The number of aromatic nitrogens is 2. The Bertz CT molecular complexity index is 1300. The summed E-state index contributed by atoms with van der Waals surface area (Å²) in [4.78, 5) is 25.1. The largest absolute Gasteiger partial charge is 0.328 e. The van der Waals surface area contributed by atoms with E-state index in [-0.39, 0.29) is 16.1 Å². The smallest absolute Gasteiger partial charge is 0.322 e. The minimum absolute atomic E-state index is 0.128. The fourth-order valence-corrected chi connectivity index (χ4v) is 5.58. The molecule has 1 aliphatic heterocycles. The molecule has 0 saturated carbocycles. The Morgan fingerprint density at radius 3 is 2.29 bits per heavy atom. The van der Waals surface area contributed by atoms with E-state index in [0.29, 0.717) is 24.3 Å². The third kappa shape index (κ3) is 4.03. The lowest BCUT2D eigenvalue weighted by atomic mass is 10.2. The van der Waals surface area contributed by atoms with Crippen LogP contribution in [0.2, 0.25) is 0 Å². The maximum absolute atomic E-state index is 13.1. The first-order chi connectivity index (χ1) is 14.8. The highest BCUT2D eigenvalue weighted by Gasteiger charge is 2.25. The summed E-state index contributed by atoms with van der Waals surface area (Å²) in [5.41, 5.74) is 2.10. The van der Waals surface area contributed by atoms with Crippen molar-refractivity contribution in [1.29, 1.82) is 0 Å². The van der Waals surface area contributed by atoms with Gasteiger partial charge in [-0.3, -0.25) is 13.9 Å². The molecule has 164 valence electrons. The Labute approximate surface area is 181 Å². The highest BCUT2D eigenvalue weighted by molar-refractivity contribution is 7.89. The molecule has 0 spiro atoms. The molecule has 1 aliphatic rings. The highest BCUT2D eigenvalue weighted by Crippen LogP contribution is 2.22. The lowest BCUT2D eigenvalue weighted by Crippen LogP contribution is -2.32. The molecule has 0 radical (unpaired) electrons. The van der Waals surface area contributed by atoms with E-state index in [9.17, 15) is 18.0 Å². The third-order valence-electron chi connectivity index (χ3n) is 5.83. The molecule has 4 rings (SSSR count). The van der Waals surface area contributed by atoms with Gasteiger partial charge in [-0.15, -0.1) is 0 Å². The summed E-state index contributed by atoms with van der Waals surface area (Å²) >= 11 is 0. The van der Waals surface area contributed by atoms with Gasteiger partial charge < -0.3 is 5.32 Å². The van der Waals surface area contributed by atoms with Crippen molar-refractivity contribution in [2.24, 2.45) is 14.1 Å². The van der Waals surface area contributed by atoms with Crippen molar-refractivity contribution in [3.8, 4) is 0 Å². The van der Waals surface area contributed by atoms with E-state index in [1.54, 1.807) is 44.4 Å². The Hall–Kier alpha value is -2.91. The van der Waals surface area contributed by atoms with Crippen LogP contribution >= 0.6 is 0 Å². The lowest BCUT2D eigenvalue weighted by Gasteiger charge is -2.20. The highest BCUT2D eigenvalue weighted by atomic mass is 32.2. The van der Waals surface area contributed by atoms with E-state index in [1.807, 2.05) is 0 Å². The van der Waals surface area contributed by atoms with E-state index >= 15 is 0 Å². The Morgan fingerprint density at radius 1 is 0.903 bits per heavy atom. The number of sulfonamides is 1. The van der Waals surface area contributed by atoms with Crippen LogP contribution in [0, 0.1) is 0 Å². The van der Waals surface area contributed by atoms with Crippen molar-refractivity contribution in [1.82, 2.24) is 13.4 Å². The van der Waals surface area contributed by atoms with Gasteiger partial charge in [0.25, 0.3) is 5.91 Å². The van der Waals surface area contributed by atoms with E-state index in [0.717, 1.165) is 31.2 Å². The lowest BCUT2D eigenvalue weighted by molar-refractivity contribution is 0.102. The Morgan fingerprint density at radius 2 is 1.58 bits per heavy atom. The maximum Gasteiger partial charge on any atom is 0.328 e. The number of hydrogen-bond acceptors (Lipinski definition) is 4. The van der Waals surface area contributed by atoms with Gasteiger partial charge in [-0.1, -0.05) is 18.9 Å². The third-order valence-corrected chi connectivity index (χ3v) is 7.72. The molecule has 1 aromatic heterocycles. The van der Waals surface area contributed by atoms with Crippen molar-refractivity contribution in [2.75, 3.05) is 18.4 Å². The van der Waals surface area contributed by atoms with Gasteiger partial charge in [-0.2, -0.15) is 4.31 Å². The second-order valence-corrected chi connectivity index (χ2v) is 9.84. The normalized spacial score (nSPS) is 15.7. The predicted molar refractivity (Wildman–Crippen MR) is 120 cm³/mol. The van der Waals surface area contributed by atoms with Crippen LogP contribution in [-0.4, -0.2) is 40.9 Å². The topological polar surface area (TPSA) is 93.4 Å². The van der Waals surface area contributed by atoms with E-state index in [1.165, 1.54) is 25.6 Å². The molecule has 1 fully saturated rings. The Balaban J connectivity index is 1.59. The van der Waals surface area contributed by atoms with Gasteiger partial charge >= 0.3 is 5.69 Å². The van der Waals surface area contributed by atoms with Gasteiger partial charge in [0.05, 0.1) is 15.9 Å². The minimum Gasteiger partial charge on any atom is -0.322 e. The van der Waals surface area contributed by atoms with Crippen LogP contribution in [0.5, 0.6) is 0 Å². The van der Waals surface area contributed by atoms with Crippen LogP contribution < -0.4 is 11.0 Å². The van der Waals surface area contributed by atoms with Crippen LogP contribution in [0.15, 0.2) is 52.2 Å². The van der Waals surface area contributed by atoms with Crippen LogP contribution in [0.3, 0.4) is 0 Å². The number of anilines is 1. The summed E-state index contributed by atoms with van der Waals surface area (Å²) < 4.78 is 30.7. The van der Waals surface area contributed by atoms with Gasteiger partial charge in [-0.05, 0) is 49.2 Å². The van der Waals surface area contributed by atoms with Crippen molar-refractivity contribution < 1.29 is 13.2 Å². The average Bonchev–Trinajstić information content (AvgIpc) is 2.98. The first-order valence-corrected chi connectivity index (χ1v) is 11.8. The second-order valence-electron chi connectivity index (χ2n) is 7.90. The van der Waals surface area contributed by atoms with Gasteiger partial charge in [0, 0.05) is 38.4 Å². The zero-order valence-electron chi connectivity index (χ0n) is 17.7. The molecule has 31 heavy (non-hydrogen) atoms. The number of carbonyl (C=O) groups is 1. The predicted octanol–water partition coefficient (Wildman–Crippen LogP) is 2.69. The number of fused-ring (bicyclic) bond motifs is 1. The fraction of sp³-hybridized carbons (Fsp3) is 0.364. The summed E-state index contributed by atoms with van der Waals surface area (Å²) in [5, 5.41) is 2.80. The molecule has 2 heterocycles. The Kier molecular flexibility index (Phi) is 5.72. The van der Waals surface area contributed by atoms with Crippen molar-refractivity contribution >= 4 is 32.7 Å². The number of benzene rings is 2. The SMILES string of the molecule is Cn1c(=O)n(C)c2cc(NC(=O)c3cccc(S(=O)(=O)N4CCCCCC4)c3)ccc21. The molecular weight excluding hydrogens is 416 g/mol. The number of hydrogen-bond donors (Lipinski definition) is 1. The molecule has 9 heteroatoms. The summed E-state index contributed by atoms with van der Waals surface area (Å²) in [6.45, 7) is 1.02. The summed E-state index contributed by atoms with van der Waals surface area (Å²) in [7, 11) is -0.271. The quantitative estimate of drug-likeness (QED) is 0.672. The number of aryl methyl sites for hydroxylation is 2. The van der Waals surface area contributed by atoms with Gasteiger partial charge in [0.2, 0.25) is 10.0 Å². The molecule has 8 nitrogen and oxygen atoms in total. The van der Waals surface area contributed by atoms with Gasteiger partial charge in [0.1, 0.15) is 0 Å². The van der Waals surface area contributed by atoms with Gasteiger partial charge in [-0.25, -0.2) is 13.2 Å². The first kappa shape index (κ1) is 21.3. The number of imidazole rings is 1. The molecule has 0 bridgehead atoms. The van der Waals surface area contributed by atoms with E-state index in [2.05, 4.69) is 5.32 Å². The average molecular weight is 443 g/mol. The molecule has 3 aromatic rings. The van der Waals surface area contributed by atoms with Crippen LogP contribution in [0.4, 0.5) is 5.69 Å².